The Morgan fingerprint density at radius 2 is 1.85 bits per heavy atom. The van der Waals surface area contributed by atoms with Crippen LogP contribution >= 0.6 is 0 Å². The van der Waals surface area contributed by atoms with Gasteiger partial charge in [0.05, 0.1) is 17.9 Å². The highest BCUT2D eigenvalue weighted by atomic mass is 19.4. The van der Waals surface area contributed by atoms with Gasteiger partial charge < -0.3 is 5.73 Å². The number of urea groups is 1. The van der Waals surface area contributed by atoms with E-state index in [1.165, 1.54) is 17.0 Å². The van der Waals surface area contributed by atoms with Crippen LogP contribution in [0.2, 0.25) is 0 Å². The zero-order valence-corrected chi connectivity index (χ0v) is 18.9. The molecule has 2 heterocycles. The molecule has 1 saturated heterocycles. The van der Waals surface area contributed by atoms with E-state index < -0.39 is 18.8 Å². The highest BCUT2D eigenvalue weighted by Crippen LogP contribution is 2.29. The molecule has 0 bridgehead atoms. The largest absolute Gasteiger partial charge is 0.401 e. The number of benzene rings is 2. The summed E-state index contributed by atoms with van der Waals surface area (Å²) < 4.78 is 51.3. The Bertz CT molecular complexity index is 1110. The molecule has 1 aliphatic heterocycles. The summed E-state index contributed by atoms with van der Waals surface area (Å²) in [6, 6.07) is 15.1. The van der Waals surface area contributed by atoms with Gasteiger partial charge in [0.1, 0.15) is 11.6 Å². The summed E-state index contributed by atoms with van der Waals surface area (Å²) in [5, 5.41) is 6.98. The van der Waals surface area contributed by atoms with Gasteiger partial charge in [0, 0.05) is 12.1 Å². The summed E-state index contributed by atoms with van der Waals surface area (Å²) in [5.41, 5.74) is 8.60. The standard InChI is InChI=1S/C12H13F4N.C12H14N4O/c13-11-3-1-2-9(6-11)10-4-5-17(7-10)8-12(14,15)16;1-8-9(2)15-16(11(8)14-12(13)17)10-6-4-3-5-7-10/h1-3,6,10H,4-5,7-8H2;3-7H,1-2H3,(H3,13,14,17). The molecule has 0 aliphatic carbocycles. The average molecular weight is 478 g/mol. The van der Waals surface area contributed by atoms with Gasteiger partial charge in [-0.15, -0.1) is 0 Å². The number of hydrogen-bond acceptors (Lipinski definition) is 3. The van der Waals surface area contributed by atoms with Crippen molar-refractivity contribution < 1.29 is 22.4 Å². The highest BCUT2D eigenvalue weighted by Gasteiger charge is 2.34. The number of nitrogens with one attached hydrogen (secondary N) is 1. The SMILES string of the molecule is Cc1nn(-c2ccccc2)c(NC(N)=O)c1C.Fc1cccc(C2CCN(CC(F)(F)F)C2)c1. The number of amides is 2. The number of alkyl halides is 3. The minimum atomic E-state index is -4.16. The van der Waals surface area contributed by atoms with Crippen molar-refractivity contribution in [3.05, 3.63) is 77.2 Å². The Balaban J connectivity index is 0.000000191. The van der Waals surface area contributed by atoms with Crippen molar-refractivity contribution >= 4 is 11.8 Å². The monoisotopic (exact) mass is 477 g/mol. The van der Waals surface area contributed by atoms with E-state index in [4.69, 9.17) is 5.73 Å². The smallest absolute Gasteiger partial charge is 0.351 e. The van der Waals surface area contributed by atoms with E-state index >= 15 is 0 Å². The van der Waals surface area contributed by atoms with Crippen molar-refractivity contribution in [2.24, 2.45) is 5.73 Å². The average Bonchev–Trinajstić information content (AvgIpc) is 3.33. The third-order valence-corrected chi connectivity index (χ3v) is 5.60. The Morgan fingerprint density at radius 1 is 1.15 bits per heavy atom. The van der Waals surface area contributed by atoms with Crippen molar-refractivity contribution in [1.29, 1.82) is 0 Å². The van der Waals surface area contributed by atoms with Gasteiger partial charge in [0.2, 0.25) is 0 Å². The number of primary amides is 1. The van der Waals surface area contributed by atoms with E-state index in [9.17, 15) is 22.4 Å². The number of aromatic nitrogens is 2. The molecular weight excluding hydrogens is 450 g/mol. The molecule has 182 valence electrons. The number of carbonyl (C=O) groups is 1. The molecule has 3 aromatic rings. The Labute approximate surface area is 195 Å². The van der Waals surface area contributed by atoms with Crippen LogP contribution < -0.4 is 11.1 Å². The minimum Gasteiger partial charge on any atom is -0.351 e. The fourth-order valence-electron chi connectivity index (χ4n) is 3.89. The fourth-order valence-corrected chi connectivity index (χ4v) is 3.89. The van der Waals surface area contributed by atoms with E-state index in [-0.39, 0.29) is 11.7 Å². The van der Waals surface area contributed by atoms with Crippen LogP contribution in [0.25, 0.3) is 5.69 Å². The molecule has 3 N–H and O–H groups in total. The highest BCUT2D eigenvalue weighted by molar-refractivity contribution is 5.88. The molecule has 10 heteroatoms. The first-order valence-electron chi connectivity index (χ1n) is 10.8. The molecule has 1 aliphatic rings. The Hall–Kier alpha value is -3.40. The summed E-state index contributed by atoms with van der Waals surface area (Å²) in [7, 11) is 0. The number of hydrogen-bond donors (Lipinski definition) is 2. The Kier molecular flexibility index (Phi) is 7.93. The number of aryl methyl sites for hydroxylation is 1. The van der Waals surface area contributed by atoms with E-state index in [1.54, 1.807) is 16.8 Å². The molecule has 2 amide bonds. The van der Waals surface area contributed by atoms with Crippen LogP contribution in [0.4, 0.5) is 28.2 Å². The van der Waals surface area contributed by atoms with Gasteiger partial charge in [-0.25, -0.2) is 13.9 Å². The van der Waals surface area contributed by atoms with Crippen LogP contribution in [0.3, 0.4) is 0 Å². The van der Waals surface area contributed by atoms with Gasteiger partial charge in [-0.1, -0.05) is 30.3 Å². The zero-order chi connectivity index (χ0) is 24.9. The molecule has 2 aromatic carbocycles. The van der Waals surface area contributed by atoms with Crippen LogP contribution in [-0.2, 0) is 0 Å². The first-order chi connectivity index (χ1) is 16.0. The van der Waals surface area contributed by atoms with E-state index in [2.05, 4.69) is 10.4 Å². The van der Waals surface area contributed by atoms with Crippen LogP contribution in [0.5, 0.6) is 0 Å². The quantitative estimate of drug-likeness (QED) is 0.510. The third kappa shape index (κ3) is 6.80. The van der Waals surface area contributed by atoms with E-state index in [0.29, 0.717) is 25.3 Å². The number of nitrogens with two attached hydrogens (primary N) is 1. The van der Waals surface area contributed by atoms with E-state index in [0.717, 1.165) is 22.5 Å². The molecule has 0 saturated carbocycles. The molecule has 1 unspecified atom stereocenters. The zero-order valence-electron chi connectivity index (χ0n) is 18.9. The number of anilines is 1. The van der Waals surface area contributed by atoms with Crippen molar-refractivity contribution in [2.75, 3.05) is 25.0 Å². The van der Waals surface area contributed by atoms with Gasteiger partial charge in [-0.05, 0) is 62.6 Å². The first-order valence-corrected chi connectivity index (χ1v) is 10.8. The van der Waals surface area contributed by atoms with Crippen LogP contribution in [0.15, 0.2) is 54.6 Å². The van der Waals surface area contributed by atoms with Gasteiger partial charge in [-0.3, -0.25) is 10.2 Å². The predicted molar refractivity (Wildman–Crippen MR) is 122 cm³/mol. The molecule has 1 aromatic heterocycles. The van der Waals surface area contributed by atoms with Gasteiger partial charge in [0.15, 0.2) is 0 Å². The van der Waals surface area contributed by atoms with E-state index in [1.807, 2.05) is 44.2 Å². The second kappa shape index (κ2) is 10.7. The number of rotatable bonds is 4. The summed E-state index contributed by atoms with van der Waals surface area (Å²) in [6.07, 6.45) is -3.50. The number of nitrogens with zero attached hydrogens (tertiary/aromatic N) is 3. The summed E-state index contributed by atoms with van der Waals surface area (Å²) in [5.74, 6) is 0.283. The summed E-state index contributed by atoms with van der Waals surface area (Å²) in [6.45, 7) is 3.68. The second-order valence-corrected chi connectivity index (χ2v) is 8.19. The second-order valence-electron chi connectivity index (χ2n) is 8.19. The summed E-state index contributed by atoms with van der Waals surface area (Å²) in [4.78, 5) is 12.4. The van der Waals surface area contributed by atoms with Crippen molar-refractivity contribution in [3.63, 3.8) is 0 Å². The maximum absolute atomic E-state index is 13.0. The molecular formula is C24H27F4N5O. The molecule has 1 atom stereocenters. The Morgan fingerprint density at radius 3 is 2.47 bits per heavy atom. The van der Waals surface area contributed by atoms with Crippen LogP contribution in [0.1, 0.15) is 29.2 Å². The van der Waals surface area contributed by atoms with Crippen LogP contribution in [0, 0.1) is 19.7 Å². The predicted octanol–water partition coefficient (Wildman–Crippen LogP) is 5.16. The third-order valence-electron chi connectivity index (χ3n) is 5.60. The number of halogens is 4. The number of para-hydroxylation sites is 1. The number of carbonyl (C=O) groups excluding carboxylic acids is 1. The molecule has 4 rings (SSSR count). The first kappa shape index (κ1) is 25.2. The van der Waals surface area contributed by atoms with Gasteiger partial charge >= 0.3 is 12.2 Å². The topological polar surface area (TPSA) is 76.2 Å². The molecule has 0 radical (unpaired) electrons. The molecule has 6 nitrogen and oxygen atoms in total. The van der Waals surface area contributed by atoms with Crippen LogP contribution in [-0.4, -0.2) is 46.5 Å². The maximum Gasteiger partial charge on any atom is 0.401 e. The van der Waals surface area contributed by atoms with Gasteiger partial charge in [0.25, 0.3) is 0 Å². The van der Waals surface area contributed by atoms with Crippen molar-refractivity contribution in [2.45, 2.75) is 32.4 Å². The lowest BCUT2D eigenvalue weighted by atomic mass is 9.98. The van der Waals surface area contributed by atoms with Crippen molar-refractivity contribution in [1.82, 2.24) is 14.7 Å². The molecule has 0 spiro atoms. The van der Waals surface area contributed by atoms with Gasteiger partial charge in [-0.2, -0.15) is 18.3 Å². The lowest BCUT2D eigenvalue weighted by Crippen LogP contribution is -2.32. The lowest BCUT2D eigenvalue weighted by Gasteiger charge is -2.17. The van der Waals surface area contributed by atoms with Crippen molar-refractivity contribution in [3.8, 4) is 5.69 Å². The maximum atomic E-state index is 13.0. The number of likely N-dealkylation sites (tertiary alicyclic amines) is 1. The molecule has 1 fully saturated rings. The minimum absolute atomic E-state index is 0.00745. The lowest BCUT2D eigenvalue weighted by molar-refractivity contribution is -0.143. The fraction of sp³-hybridized carbons (Fsp3) is 0.333. The summed E-state index contributed by atoms with van der Waals surface area (Å²) >= 11 is 0. The molecule has 34 heavy (non-hydrogen) atoms. The normalized spacial score (nSPS) is 16.1.